The summed E-state index contributed by atoms with van der Waals surface area (Å²) in [6.07, 6.45) is 2.28. The molecule has 92 valence electrons. The molecule has 1 aromatic carbocycles. The molecule has 2 aromatic rings. The fraction of sp³-hybridized carbons (Fsp3) is 0.286. The Morgan fingerprint density at radius 2 is 2.22 bits per heavy atom. The summed E-state index contributed by atoms with van der Waals surface area (Å²) >= 11 is 0. The lowest BCUT2D eigenvalue weighted by Crippen LogP contribution is -2.24. The second kappa shape index (κ2) is 4.29. The van der Waals surface area contributed by atoms with Gasteiger partial charge < -0.3 is 10.2 Å². The first-order chi connectivity index (χ1) is 8.79. The van der Waals surface area contributed by atoms with Crippen molar-refractivity contribution in [2.75, 3.05) is 23.3 Å². The number of pyridine rings is 1. The summed E-state index contributed by atoms with van der Waals surface area (Å²) in [7, 11) is 0. The second-order valence-electron chi connectivity index (χ2n) is 4.42. The molecule has 0 radical (unpaired) electrons. The summed E-state index contributed by atoms with van der Waals surface area (Å²) in [6, 6.07) is 8.04. The molecule has 0 saturated heterocycles. The zero-order valence-electron chi connectivity index (χ0n) is 10.3. The molecule has 0 bridgehead atoms. The van der Waals surface area contributed by atoms with Crippen LogP contribution < -0.4 is 10.2 Å². The van der Waals surface area contributed by atoms with Crippen LogP contribution in [0.15, 0.2) is 30.5 Å². The Balaban J connectivity index is 2.28. The van der Waals surface area contributed by atoms with E-state index in [0.29, 0.717) is 6.42 Å². The van der Waals surface area contributed by atoms with Crippen LogP contribution >= 0.6 is 0 Å². The molecule has 0 atom stereocenters. The Labute approximate surface area is 106 Å². The van der Waals surface area contributed by atoms with Crippen LogP contribution in [-0.2, 0) is 4.79 Å². The average molecular weight is 241 g/mol. The predicted molar refractivity (Wildman–Crippen MR) is 72.9 cm³/mol. The monoisotopic (exact) mass is 241 g/mol. The molecule has 1 aliphatic rings. The highest BCUT2D eigenvalue weighted by Gasteiger charge is 2.20. The van der Waals surface area contributed by atoms with Crippen molar-refractivity contribution in [2.24, 2.45) is 0 Å². The quantitative estimate of drug-likeness (QED) is 0.833. The number of carbonyl (C=O) groups excluding carboxylic acids is 1. The molecular weight excluding hydrogens is 226 g/mol. The molecular formula is C14H15N3O. The minimum atomic E-state index is 0.0595. The summed E-state index contributed by atoms with van der Waals surface area (Å²) in [5.41, 5.74) is 2.87. The summed E-state index contributed by atoms with van der Waals surface area (Å²) < 4.78 is 0. The van der Waals surface area contributed by atoms with Gasteiger partial charge in [0.1, 0.15) is 0 Å². The molecule has 2 heterocycles. The molecule has 0 unspecified atom stereocenters. The number of nitrogens with zero attached hydrogens (tertiary/aromatic N) is 2. The largest absolute Gasteiger partial charge is 0.369 e. The van der Waals surface area contributed by atoms with Gasteiger partial charge in [-0.25, -0.2) is 0 Å². The second-order valence-corrected chi connectivity index (χ2v) is 4.42. The van der Waals surface area contributed by atoms with E-state index >= 15 is 0 Å². The number of benzene rings is 1. The van der Waals surface area contributed by atoms with E-state index in [4.69, 9.17) is 0 Å². The summed E-state index contributed by atoms with van der Waals surface area (Å²) in [5.74, 6) is 0.0595. The van der Waals surface area contributed by atoms with E-state index in [1.54, 1.807) is 6.20 Å². The molecule has 3 rings (SSSR count). The maximum Gasteiger partial charge on any atom is 0.226 e. The van der Waals surface area contributed by atoms with Gasteiger partial charge in [-0.1, -0.05) is 18.2 Å². The van der Waals surface area contributed by atoms with Gasteiger partial charge >= 0.3 is 0 Å². The lowest BCUT2D eigenvalue weighted by atomic mass is 10.1. The average Bonchev–Trinajstić information content (AvgIpc) is 2.57. The standard InChI is InChI=1S/C14H15N3O/c1-2-17-8-7-13(18)16-12-9-15-11-6-4-3-5-10(11)14(12)17/h3-6,9H,2,7-8H2,1H3,(H,16,18). The highest BCUT2D eigenvalue weighted by atomic mass is 16.1. The fourth-order valence-corrected chi connectivity index (χ4v) is 2.44. The predicted octanol–water partition coefficient (Wildman–Crippen LogP) is 2.40. The first kappa shape index (κ1) is 11.0. The third-order valence-corrected chi connectivity index (χ3v) is 3.33. The molecule has 1 amide bonds. The zero-order chi connectivity index (χ0) is 12.5. The summed E-state index contributed by atoms with van der Waals surface area (Å²) in [4.78, 5) is 18.3. The molecule has 1 aromatic heterocycles. The van der Waals surface area contributed by atoms with E-state index in [-0.39, 0.29) is 5.91 Å². The van der Waals surface area contributed by atoms with Gasteiger partial charge in [0.05, 0.1) is 23.1 Å². The van der Waals surface area contributed by atoms with Gasteiger partial charge in [0.15, 0.2) is 0 Å². The lowest BCUT2D eigenvalue weighted by Gasteiger charge is -2.23. The Morgan fingerprint density at radius 3 is 3.06 bits per heavy atom. The van der Waals surface area contributed by atoms with Crippen molar-refractivity contribution in [1.29, 1.82) is 0 Å². The molecule has 4 nitrogen and oxygen atoms in total. The number of nitrogens with one attached hydrogen (secondary N) is 1. The molecule has 0 aliphatic carbocycles. The molecule has 4 heteroatoms. The van der Waals surface area contributed by atoms with Gasteiger partial charge in [-0.15, -0.1) is 0 Å². The minimum Gasteiger partial charge on any atom is -0.369 e. The van der Waals surface area contributed by atoms with Crippen LogP contribution in [0.3, 0.4) is 0 Å². The zero-order valence-corrected chi connectivity index (χ0v) is 10.3. The van der Waals surface area contributed by atoms with Crippen molar-refractivity contribution in [3.05, 3.63) is 30.5 Å². The number of carbonyl (C=O) groups is 1. The summed E-state index contributed by atoms with van der Waals surface area (Å²) in [5, 5.41) is 4.03. The number of amides is 1. The normalized spacial score (nSPS) is 15.2. The molecule has 18 heavy (non-hydrogen) atoms. The lowest BCUT2D eigenvalue weighted by molar-refractivity contribution is -0.115. The molecule has 0 spiro atoms. The van der Waals surface area contributed by atoms with Crippen molar-refractivity contribution < 1.29 is 4.79 Å². The Kier molecular flexibility index (Phi) is 2.63. The smallest absolute Gasteiger partial charge is 0.226 e. The third-order valence-electron chi connectivity index (χ3n) is 3.33. The first-order valence-corrected chi connectivity index (χ1v) is 6.22. The number of rotatable bonds is 1. The van der Waals surface area contributed by atoms with Crippen molar-refractivity contribution in [1.82, 2.24) is 4.98 Å². The van der Waals surface area contributed by atoms with Crippen LogP contribution in [0.25, 0.3) is 10.9 Å². The fourth-order valence-electron chi connectivity index (χ4n) is 2.44. The maximum atomic E-state index is 11.7. The van der Waals surface area contributed by atoms with Crippen LogP contribution in [0.5, 0.6) is 0 Å². The van der Waals surface area contributed by atoms with E-state index in [1.807, 2.05) is 18.2 Å². The SMILES string of the molecule is CCN1CCC(=O)Nc2cnc3ccccc3c21. The van der Waals surface area contributed by atoms with Gasteiger partial charge in [-0.2, -0.15) is 0 Å². The topological polar surface area (TPSA) is 45.2 Å². The number of hydrogen-bond donors (Lipinski definition) is 1. The Bertz CT molecular complexity index is 609. The maximum absolute atomic E-state index is 11.7. The number of hydrogen-bond acceptors (Lipinski definition) is 3. The van der Waals surface area contributed by atoms with Gasteiger partial charge in [-0.3, -0.25) is 9.78 Å². The summed E-state index contributed by atoms with van der Waals surface area (Å²) in [6.45, 7) is 3.74. The van der Waals surface area contributed by atoms with Crippen LogP contribution in [0, 0.1) is 0 Å². The molecule has 0 fully saturated rings. The minimum absolute atomic E-state index is 0.0595. The van der Waals surface area contributed by atoms with Crippen LogP contribution in [-0.4, -0.2) is 24.0 Å². The number of fused-ring (bicyclic) bond motifs is 3. The third kappa shape index (κ3) is 1.70. The molecule has 1 aliphatic heterocycles. The van der Waals surface area contributed by atoms with E-state index in [1.165, 1.54) is 0 Å². The van der Waals surface area contributed by atoms with Crippen molar-refractivity contribution >= 4 is 28.2 Å². The van der Waals surface area contributed by atoms with Gasteiger partial charge in [-0.05, 0) is 13.0 Å². The van der Waals surface area contributed by atoms with Crippen LogP contribution in [0.1, 0.15) is 13.3 Å². The van der Waals surface area contributed by atoms with Crippen molar-refractivity contribution in [3.63, 3.8) is 0 Å². The van der Waals surface area contributed by atoms with Gasteiger partial charge in [0.2, 0.25) is 5.91 Å². The Morgan fingerprint density at radius 1 is 1.39 bits per heavy atom. The highest BCUT2D eigenvalue weighted by Crippen LogP contribution is 2.34. The van der Waals surface area contributed by atoms with Gasteiger partial charge in [0.25, 0.3) is 0 Å². The Hall–Kier alpha value is -2.10. The van der Waals surface area contributed by atoms with Crippen molar-refractivity contribution in [2.45, 2.75) is 13.3 Å². The highest BCUT2D eigenvalue weighted by molar-refractivity contribution is 6.04. The van der Waals surface area contributed by atoms with Gasteiger partial charge in [0, 0.05) is 24.9 Å². The number of anilines is 2. The van der Waals surface area contributed by atoms with Crippen molar-refractivity contribution in [3.8, 4) is 0 Å². The van der Waals surface area contributed by atoms with E-state index in [9.17, 15) is 4.79 Å². The van der Waals surface area contributed by atoms with Crippen LogP contribution in [0.4, 0.5) is 11.4 Å². The number of para-hydroxylation sites is 1. The first-order valence-electron chi connectivity index (χ1n) is 6.22. The number of aromatic nitrogens is 1. The molecule has 1 N–H and O–H groups in total. The van der Waals surface area contributed by atoms with Crippen LogP contribution in [0.2, 0.25) is 0 Å². The van der Waals surface area contributed by atoms with E-state index in [0.717, 1.165) is 35.4 Å². The molecule has 0 saturated carbocycles. The van der Waals surface area contributed by atoms with E-state index in [2.05, 4.69) is 28.2 Å². The van der Waals surface area contributed by atoms with E-state index < -0.39 is 0 Å².